The SMILES string of the molecule is CCOC(=O)c1csc(C(CC(C(C)C)N(C)C(=O)C(NC(=O)OC(C)(C)C)C(C)CC)OC(=O)N(C)C)n1. The van der Waals surface area contributed by atoms with Gasteiger partial charge in [-0.3, -0.25) is 4.79 Å². The number of alkyl carbamates (subject to hydrolysis) is 1. The molecular formula is C27H46N4O7S. The van der Waals surface area contributed by atoms with Crippen molar-refractivity contribution in [3.63, 3.8) is 0 Å². The highest BCUT2D eigenvalue weighted by molar-refractivity contribution is 7.09. The fourth-order valence-electron chi connectivity index (χ4n) is 3.76. The average molecular weight is 571 g/mol. The first-order chi connectivity index (χ1) is 18.0. The Morgan fingerprint density at radius 1 is 1.08 bits per heavy atom. The number of esters is 1. The summed E-state index contributed by atoms with van der Waals surface area (Å²) in [6.07, 6.45) is -1.17. The molecule has 11 nitrogen and oxygen atoms in total. The predicted octanol–water partition coefficient (Wildman–Crippen LogP) is 4.87. The Morgan fingerprint density at radius 2 is 1.69 bits per heavy atom. The number of carbonyl (C=O) groups is 4. The molecule has 0 radical (unpaired) electrons. The van der Waals surface area contributed by atoms with Crippen LogP contribution in [0.4, 0.5) is 9.59 Å². The molecule has 1 N–H and O–H groups in total. The Balaban J connectivity index is 3.31. The van der Waals surface area contributed by atoms with E-state index < -0.39 is 35.9 Å². The Kier molecular flexibility index (Phi) is 13.2. The van der Waals surface area contributed by atoms with Crippen LogP contribution in [-0.2, 0) is 19.0 Å². The van der Waals surface area contributed by atoms with Gasteiger partial charge in [0.25, 0.3) is 0 Å². The van der Waals surface area contributed by atoms with Crippen molar-refractivity contribution in [2.45, 2.75) is 92.0 Å². The van der Waals surface area contributed by atoms with Crippen LogP contribution in [0.15, 0.2) is 5.38 Å². The van der Waals surface area contributed by atoms with Gasteiger partial charge < -0.3 is 29.3 Å². The molecule has 1 rings (SSSR count). The zero-order valence-electron chi connectivity index (χ0n) is 25.2. The molecule has 4 unspecified atom stereocenters. The number of amides is 3. The molecule has 12 heteroatoms. The van der Waals surface area contributed by atoms with Crippen LogP contribution in [0.1, 0.15) is 89.8 Å². The van der Waals surface area contributed by atoms with E-state index in [1.807, 2.05) is 27.7 Å². The zero-order valence-corrected chi connectivity index (χ0v) is 26.0. The highest BCUT2D eigenvalue weighted by atomic mass is 32.1. The Bertz CT molecular complexity index is 974. The second kappa shape index (κ2) is 15.0. The van der Waals surface area contributed by atoms with Crippen LogP contribution in [0.3, 0.4) is 0 Å². The summed E-state index contributed by atoms with van der Waals surface area (Å²) >= 11 is 1.18. The molecule has 0 aliphatic rings. The van der Waals surface area contributed by atoms with Gasteiger partial charge in [0.2, 0.25) is 5.91 Å². The van der Waals surface area contributed by atoms with E-state index in [2.05, 4.69) is 10.3 Å². The maximum Gasteiger partial charge on any atom is 0.409 e. The molecule has 3 amide bonds. The van der Waals surface area contributed by atoms with E-state index in [0.29, 0.717) is 11.4 Å². The molecule has 0 aliphatic carbocycles. The lowest BCUT2D eigenvalue weighted by Gasteiger charge is -2.37. The third-order valence-corrected chi connectivity index (χ3v) is 7.05. The fraction of sp³-hybridized carbons (Fsp3) is 0.741. The van der Waals surface area contributed by atoms with Crippen molar-refractivity contribution in [2.24, 2.45) is 11.8 Å². The molecule has 0 spiro atoms. The van der Waals surface area contributed by atoms with E-state index >= 15 is 0 Å². The van der Waals surface area contributed by atoms with Gasteiger partial charge in [-0.15, -0.1) is 11.3 Å². The average Bonchev–Trinajstić information content (AvgIpc) is 3.32. The second-order valence-corrected chi connectivity index (χ2v) is 12.0. The minimum Gasteiger partial charge on any atom is -0.461 e. The first-order valence-electron chi connectivity index (χ1n) is 13.3. The van der Waals surface area contributed by atoms with Crippen LogP contribution in [0.2, 0.25) is 0 Å². The standard InChI is InChI=1S/C27H46N4O7S/c1-12-17(5)21(29-25(34)38-27(6,7)8)23(32)31(11)19(16(3)4)14-20(37-26(35)30(9)10)22-28-18(15-39-22)24(33)36-13-2/h15-17,19-21H,12-14H2,1-11H3,(H,29,34). The lowest BCUT2D eigenvalue weighted by atomic mass is 9.93. The van der Waals surface area contributed by atoms with Crippen molar-refractivity contribution in [3.05, 3.63) is 16.1 Å². The molecule has 222 valence electrons. The number of likely N-dealkylation sites (N-methyl/N-ethyl adjacent to an activating group) is 1. The predicted molar refractivity (Wildman–Crippen MR) is 150 cm³/mol. The van der Waals surface area contributed by atoms with E-state index in [1.54, 1.807) is 59.1 Å². The fourth-order valence-corrected chi connectivity index (χ4v) is 4.59. The summed E-state index contributed by atoms with van der Waals surface area (Å²) in [7, 11) is 4.82. The van der Waals surface area contributed by atoms with E-state index in [4.69, 9.17) is 14.2 Å². The third kappa shape index (κ3) is 10.7. The van der Waals surface area contributed by atoms with Crippen LogP contribution < -0.4 is 5.32 Å². The molecule has 0 aromatic carbocycles. The van der Waals surface area contributed by atoms with Gasteiger partial charge in [-0.1, -0.05) is 34.1 Å². The summed E-state index contributed by atoms with van der Waals surface area (Å²) in [5.41, 5.74) is -0.578. The van der Waals surface area contributed by atoms with Crippen molar-refractivity contribution < 1.29 is 33.4 Å². The molecule has 0 saturated heterocycles. The summed E-state index contributed by atoms with van der Waals surface area (Å²) in [6.45, 7) is 15.0. The van der Waals surface area contributed by atoms with Crippen molar-refractivity contribution in [3.8, 4) is 0 Å². The molecule has 1 aromatic rings. The normalized spacial score (nSPS) is 14.6. The zero-order chi connectivity index (χ0) is 30.1. The third-order valence-electron chi connectivity index (χ3n) is 6.11. The monoisotopic (exact) mass is 570 g/mol. The largest absolute Gasteiger partial charge is 0.461 e. The molecular weight excluding hydrogens is 524 g/mol. The molecule has 39 heavy (non-hydrogen) atoms. The van der Waals surface area contributed by atoms with E-state index in [-0.39, 0.29) is 42.5 Å². The number of thiazole rings is 1. The molecule has 0 bridgehead atoms. The molecule has 0 fully saturated rings. The Hall–Kier alpha value is -2.89. The quantitative estimate of drug-likeness (QED) is 0.278. The lowest BCUT2D eigenvalue weighted by Crippen LogP contribution is -2.55. The Labute approximate surface area is 236 Å². The summed E-state index contributed by atoms with van der Waals surface area (Å²) in [5.74, 6) is -1.04. The van der Waals surface area contributed by atoms with E-state index in [9.17, 15) is 19.2 Å². The maximum atomic E-state index is 13.8. The first-order valence-corrected chi connectivity index (χ1v) is 14.2. The summed E-state index contributed by atoms with van der Waals surface area (Å²) < 4.78 is 16.2. The highest BCUT2D eigenvalue weighted by Gasteiger charge is 2.36. The Morgan fingerprint density at radius 3 is 2.18 bits per heavy atom. The van der Waals surface area contributed by atoms with Gasteiger partial charge in [0.1, 0.15) is 16.7 Å². The number of aromatic nitrogens is 1. The van der Waals surface area contributed by atoms with Crippen LogP contribution in [0.25, 0.3) is 0 Å². The molecule has 1 heterocycles. The summed E-state index contributed by atoms with van der Waals surface area (Å²) in [4.78, 5) is 58.3. The van der Waals surface area contributed by atoms with Gasteiger partial charge in [0.15, 0.2) is 11.8 Å². The number of carbonyl (C=O) groups excluding carboxylic acids is 4. The molecule has 1 aromatic heterocycles. The van der Waals surface area contributed by atoms with Gasteiger partial charge in [-0.2, -0.15) is 0 Å². The molecule has 4 atom stereocenters. The van der Waals surface area contributed by atoms with Gasteiger partial charge in [-0.05, 0) is 39.5 Å². The maximum absolute atomic E-state index is 13.8. The second-order valence-electron chi connectivity index (χ2n) is 11.1. The van der Waals surface area contributed by atoms with Crippen LogP contribution in [0, 0.1) is 11.8 Å². The number of hydrogen-bond donors (Lipinski definition) is 1. The van der Waals surface area contributed by atoms with Crippen molar-refractivity contribution in [1.29, 1.82) is 0 Å². The van der Waals surface area contributed by atoms with Crippen LogP contribution in [-0.4, -0.2) is 84.3 Å². The van der Waals surface area contributed by atoms with E-state index in [1.165, 1.54) is 16.2 Å². The number of nitrogens with one attached hydrogen (secondary N) is 1. The van der Waals surface area contributed by atoms with Gasteiger partial charge in [-0.25, -0.2) is 19.4 Å². The summed E-state index contributed by atoms with van der Waals surface area (Å²) in [6, 6.07) is -1.20. The minimum absolute atomic E-state index is 0.0388. The van der Waals surface area contributed by atoms with Gasteiger partial charge in [0, 0.05) is 39.0 Å². The molecule has 0 aliphatic heterocycles. The van der Waals surface area contributed by atoms with Crippen molar-refractivity contribution >= 4 is 35.4 Å². The van der Waals surface area contributed by atoms with Gasteiger partial charge in [0.05, 0.1) is 6.61 Å². The number of hydrogen-bond acceptors (Lipinski definition) is 9. The lowest BCUT2D eigenvalue weighted by molar-refractivity contribution is -0.137. The number of ether oxygens (including phenoxy) is 3. The van der Waals surface area contributed by atoms with Crippen LogP contribution in [0.5, 0.6) is 0 Å². The van der Waals surface area contributed by atoms with Crippen molar-refractivity contribution in [1.82, 2.24) is 20.1 Å². The highest BCUT2D eigenvalue weighted by Crippen LogP contribution is 2.31. The first kappa shape index (κ1) is 34.1. The van der Waals surface area contributed by atoms with Crippen molar-refractivity contribution in [2.75, 3.05) is 27.7 Å². The minimum atomic E-state index is -0.823. The smallest absolute Gasteiger partial charge is 0.409 e. The topological polar surface area (TPSA) is 127 Å². The van der Waals surface area contributed by atoms with Crippen LogP contribution >= 0.6 is 11.3 Å². The summed E-state index contributed by atoms with van der Waals surface area (Å²) in [5, 5.41) is 4.74. The number of rotatable bonds is 12. The molecule has 0 saturated carbocycles. The van der Waals surface area contributed by atoms with Gasteiger partial charge >= 0.3 is 18.2 Å². The van der Waals surface area contributed by atoms with E-state index in [0.717, 1.165) is 0 Å². The number of nitrogens with zero attached hydrogens (tertiary/aromatic N) is 3.